The number of hydrogen-bond acceptors (Lipinski definition) is 4. The third kappa shape index (κ3) is 5.16. The van der Waals surface area contributed by atoms with Crippen LogP contribution in [0.25, 0.3) is 0 Å². The first-order valence-corrected chi connectivity index (χ1v) is 9.53. The number of nitrogens with zero attached hydrogens (tertiary/aromatic N) is 3. The van der Waals surface area contributed by atoms with Crippen molar-refractivity contribution in [1.29, 1.82) is 0 Å². The van der Waals surface area contributed by atoms with Crippen molar-refractivity contribution < 1.29 is 4.79 Å². The normalized spacial score (nSPS) is 10.5. The average Bonchev–Trinajstić information content (AvgIpc) is 2.70. The molecule has 0 aliphatic heterocycles. The van der Waals surface area contributed by atoms with Crippen molar-refractivity contribution in [3.05, 3.63) is 88.7 Å². The lowest BCUT2D eigenvalue weighted by atomic mass is 10.1. The Labute approximate surface area is 166 Å². The van der Waals surface area contributed by atoms with E-state index in [0.29, 0.717) is 31.3 Å². The quantitative estimate of drug-likeness (QED) is 0.667. The molecule has 0 aliphatic carbocycles. The van der Waals surface area contributed by atoms with Gasteiger partial charge in [0.25, 0.3) is 5.91 Å². The van der Waals surface area contributed by atoms with E-state index in [0.717, 1.165) is 16.8 Å². The molecule has 1 amide bonds. The third-order valence-electron chi connectivity index (χ3n) is 4.49. The molecule has 2 aromatic carbocycles. The Morgan fingerprint density at radius 3 is 2.43 bits per heavy atom. The van der Waals surface area contributed by atoms with Crippen LogP contribution >= 0.6 is 0 Å². The van der Waals surface area contributed by atoms with Crippen LogP contribution in [0.5, 0.6) is 0 Å². The number of amides is 1. The number of hydrogen-bond donors (Lipinski definition) is 1. The monoisotopic (exact) mass is 374 g/mol. The van der Waals surface area contributed by atoms with E-state index in [-0.39, 0.29) is 5.91 Å². The largest absolute Gasteiger partial charge is 0.350 e. The molecule has 144 valence electrons. The van der Waals surface area contributed by atoms with Crippen LogP contribution in [0.2, 0.25) is 0 Å². The maximum Gasteiger partial charge on any atom is 0.272 e. The van der Waals surface area contributed by atoms with Gasteiger partial charge in [0, 0.05) is 25.3 Å². The maximum atomic E-state index is 13.0. The number of benzene rings is 2. The minimum atomic E-state index is -0.0875. The molecular formula is C23H26N4O. The van der Waals surface area contributed by atoms with Crippen molar-refractivity contribution >= 4 is 11.9 Å². The summed E-state index contributed by atoms with van der Waals surface area (Å²) < 4.78 is 0. The summed E-state index contributed by atoms with van der Waals surface area (Å²) in [5.41, 5.74) is 4.64. The first-order valence-electron chi connectivity index (χ1n) is 9.53. The molecule has 3 aromatic rings. The number of aryl methyl sites for hydroxylation is 2. The molecule has 0 saturated carbocycles. The summed E-state index contributed by atoms with van der Waals surface area (Å²) in [6, 6.07) is 20.0. The SMILES string of the molecule is CCN(Cc1ccccc1)C(=O)c1cc(C)nc(NCc2cccc(C)c2)n1. The van der Waals surface area contributed by atoms with Crippen molar-refractivity contribution in [3.8, 4) is 0 Å². The van der Waals surface area contributed by atoms with E-state index >= 15 is 0 Å². The lowest BCUT2D eigenvalue weighted by Gasteiger charge is -2.21. The number of carbonyl (C=O) groups is 1. The van der Waals surface area contributed by atoms with Gasteiger partial charge in [-0.05, 0) is 38.0 Å². The van der Waals surface area contributed by atoms with Gasteiger partial charge in [0.2, 0.25) is 5.95 Å². The van der Waals surface area contributed by atoms with Crippen molar-refractivity contribution in [1.82, 2.24) is 14.9 Å². The van der Waals surface area contributed by atoms with Gasteiger partial charge in [-0.25, -0.2) is 9.97 Å². The maximum absolute atomic E-state index is 13.0. The minimum absolute atomic E-state index is 0.0875. The van der Waals surface area contributed by atoms with Crippen LogP contribution < -0.4 is 5.32 Å². The summed E-state index contributed by atoms with van der Waals surface area (Å²) >= 11 is 0. The number of rotatable bonds is 7. The van der Waals surface area contributed by atoms with Gasteiger partial charge in [0.1, 0.15) is 5.69 Å². The van der Waals surface area contributed by atoms with E-state index in [9.17, 15) is 4.79 Å². The molecule has 0 unspecified atom stereocenters. The van der Waals surface area contributed by atoms with Crippen LogP contribution in [0.1, 0.15) is 39.8 Å². The van der Waals surface area contributed by atoms with E-state index in [2.05, 4.69) is 40.4 Å². The lowest BCUT2D eigenvalue weighted by molar-refractivity contribution is 0.0746. The summed E-state index contributed by atoms with van der Waals surface area (Å²) in [6.45, 7) is 7.71. The number of aromatic nitrogens is 2. The van der Waals surface area contributed by atoms with Gasteiger partial charge < -0.3 is 10.2 Å². The van der Waals surface area contributed by atoms with Crippen LogP contribution in [0, 0.1) is 13.8 Å². The molecule has 0 saturated heterocycles. The van der Waals surface area contributed by atoms with Crippen molar-refractivity contribution in [2.45, 2.75) is 33.9 Å². The van der Waals surface area contributed by atoms with Crippen molar-refractivity contribution in [2.24, 2.45) is 0 Å². The molecular weight excluding hydrogens is 348 g/mol. The predicted molar refractivity (Wildman–Crippen MR) is 112 cm³/mol. The second kappa shape index (κ2) is 9.13. The molecule has 0 spiro atoms. The molecule has 0 atom stereocenters. The Morgan fingerprint density at radius 1 is 0.964 bits per heavy atom. The van der Waals surface area contributed by atoms with Crippen LogP contribution in [-0.2, 0) is 13.1 Å². The average molecular weight is 374 g/mol. The standard InChI is InChI=1S/C23H26N4O/c1-4-27(16-19-10-6-5-7-11-19)22(28)21-14-18(3)25-23(26-21)24-15-20-12-8-9-17(2)13-20/h5-14H,4,15-16H2,1-3H3,(H,24,25,26). The zero-order valence-corrected chi connectivity index (χ0v) is 16.6. The fourth-order valence-electron chi connectivity index (χ4n) is 3.05. The van der Waals surface area contributed by atoms with Gasteiger partial charge in [0.15, 0.2) is 0 Å². The zero-order valence-electron chi connectivity index (χ0n) is 16.6. The summed E-state index contributed by atoms with van der Waals surface area (Å²) in [7, 11) is 0. The zero-order chi connectivity index (χ0) is 19.9. The second-order valence-electron chi connectivity index (χ2n) is 6.87. The Bertz CT molecular complexity index is 940. The van der Waals surface area contributed by atoms with Crippen molar-refractivity contribution in [3.63, 3.8) is 0 Å². The predicted octanol–water partition coefficient (Wildman–Crippen LogP) is 4.37. The summed E-state index contributed by atoms with van der Waals surface area (Å²) in [5.74, 6) is 0.385. The number of anilines is 1. The molecule has 1 heterocycles. The molecule has 0 aliphatic rings. The number of nitrogens with one attached hydrogen (secondary N) is 1. The van der Waals surface area contributed by atoms with E-state index < -0.39 is 0 Å². The molecule has 1 N–H and O–H groups in total. The Kier molecular flexibility index (Phi) is 6.37. The Morgan fingerprint density at radius 2 is 1.71 bits per heavy atom. The van der Waals surface area contributed by atoms with Gasteiger partial charge >= 0.3 is 0 Å². The fraction of sp³-hybridized carbons (Fsp3) is 0.261. The van der Waals surface area contributed by atoms with Crippen LogP contribution in [0.3, 0.4) is 0 Å². The Hall–Kier alpha value is -3.21. The van der Waals surface area contributed by atoms with E-state index in [1.54, 1.807) is 11.0 Å². The lowest BCUT2D eigenvalue weighted by Crippen LogP contribution is -2.31. The highest BCUT2D eigenvalue weighted by Gasteiger charge is 2.17. The van der Waals surface area contributed by atoms with E-state index in [1.807, 2.05) is 50.2 Å². The van der Waals surface area contributed by atoms with Gasteiger partial charge in [-0.15, -0.1) is 0 Å². The van der Waals surface area contributed by atoms with Gasteiger partial charge in [-0.1, -0.05) is 60.2 Å². The van der Waals surface area contributed by atoms with Crippen LogP contribution in [0.4, 0.5) is 5.95 Å². The first-order chi connectivity index (χ1) is 13.5. The molecule has 5 heteroatoms. The Balaban J connectivity index is 1.74. The third-order valence-corrected chi connectivity index (χ3v) is 4.49. The van der Waals surface area contributed by atoms with E-state index in [4.69, 9.17) is 0 Å². The van der Waals surface area contributed by atoms with Crippen LogP contribution in [0.15, 0.2) is 60.7 Å². The summed E-state index contributed by atoms with van der Waals surface area (Å²) in [4.78, 5) is 23.7. The fourth-order valence-corrected chi connectivity index (χ4v) is 3.05. The number of carbonyl (C=O) groups excluding carboxylic acids is 1. The molecule has 0 bridgehead atoms. The molecule has 0 radical (unpaired) electrons. The second-order valence-corrected chi connectivity index (χ2v) is 6.87. The van der Waals surface area contributed by atoms with Crippen LogP contribution in [-0.4, -0.2) is 27.3 Å². The van der Waals surface area contributed by atoms with Gasteiger partial charge in [0.05, 0.1) is 0 Å². The highest BCUT2D eigenvalue weighted by atomic mass is 16.2. The highest BCUT2D eigenvalue weighted by molar-refractivity contribution is 5.92. The summed E-state index contributed by atoms with van der Waals surface area (Å²) in [6.07, 6.45) is 0. The molecule has 1 aromatic heterocycles. The molecule has 5 nitrogen and oxygen atoms in total. The van der Waals surface area contributed by atoms with Gasteiger partial charge in [-0.2, -0.15) is 0 Å². The summed E-state index contributed by atoms with van der Waals surface area (Å²) in [5, 5.41) is 3.24. The van der Waals surface area contributed by atoms with Crippen molar-refractivity contribution in [2.75, 3.05) is 11.9 Å². The molecule has 28 heavy (non-hydrogen) atoms. The molecule has 3 rings (SSSR count). The van der Waals surface area contributed by atoms with E-state index in [1.165, 1.54) is 5.56 Å². The first kappa shape index (κ1) is 19.5. The highest BCUT2D eigenvalue weighted by Crippen LogP contribution is 2.13. The molecule has 0 fully saturated rings. The smallest absolute Gasteiger partial charge is 0.272 e. The minimum Gasteiger partial charge on any atom is -0.350 e. The van der Waals surface area contributed by atoms with Gasteiger partial charge in [-0.3, -0.25) is 4.79 Å². The topological polar surface area (TPSA) is 58.1 Å².